The number of rotatable bonds is 3. The minimum Gasteiger partial charge on any atom is -0.481 e. The summed E-state index contributed by atoms with van der Waals surface area (Å²) in [6.45, 7) is 3.19. The first kappa shape index (κ1) is 9.17. The minimum atomic E-state index is -1.21. The number of hydrogen-bond donors (Lipinski definition) is 2. The molecular formula is C7H12O3. The van der Waals surface area contributed by atoms with Crippen molar-refractivity contribution >= 4 is 5.97 Å². The molecule has 2 N–H and O–H groups in total. The topological polar surface area (TPSA) is 57.5 Å². The van der Waals surface area contributed by atoms with Crippen molar-refractivity contribution in [3.63, 3.8) is 0 Å². The summed E-state index contributed by atoms with van der Waals surface area (Å²) < 4.78 is 0. The van der Waals surface area contributed by atoms with Crippen LogP contribution in [-0.4, -0.2) is 21.8 Å². The summed E-state index contributed by atoms with van der Waals surface area (Å²) in [5, 5.41) is 17.5. The fraction of sp³-hybridized carbons (Fsp3) is 0.571. The van der Waals surface area contributed by atoms with Gasteiger partial charge in [0.1, 0.15) is 0 Å². The van der Waals surface area contributed by atoms with Crippen molar-refractivity contribution in [1.29, 1.82) is 0 Å². The SMILES string of the molecule is CC=CC(C)(O)CC(=O)O. The van der Waals surface area contributed by atoms with Crippen LogP contribution in [-0.2, 0) is 4.79 Å². The van der Waals surface area contributed by atoms with Crippen molar-refractivity contribution in [2.24, 2.45) is 0 Å². The molecule has 3 heteroatoms. The number of aliphatic hydroxyl groups is 1. The van der Waals surface area contributed by atoms with Gasteiger partial charge < -0.3 is 10.2 Å². The molecule has 10 heavy (non-hydrogen) atoms. The van der Waals surface area contributed by atoms with Crippen LogP contribution in [0.15, 0.2) is 12.2 Å². The Hall–Kier alpha value is -0.830. The molecule has 58 valence electrons. The fourth-order valence-electron chi connectivity index (χ4n) is 0.724. The van der Waals surface area contributed by atoms with Crippen LogP contribution in [0.2, 0.25) is 0 Å². The van der Waals surface area contributed by atoms with Crippen LogP contribution in [0.1, 0.15) is 20.3 Å². The molecule has 0 fully saturated rings. The van der Waals surface area contributed by atoms with Gasteiger partial charge in [0.2, 0.25) is 0 Å². The Morgan fingerprint density at radius 2 is 2.20 bits per heavy atom. The van der Waals surface area contributed by atoms with Crippen molar-refractivity contribution in [1.82, 2.24) is 0 Å². The summed E-state index contributed by atoms with van der Waals surface area (Å²) in [6, 6.07) is 0. The largest absolute Gasteiger partial charge is 0.481 e. The van der Waals surface area contributed by atoms with Crippen LogP contribution in [0.25, 0.3) is 0 Å². The lowest BCUT2D eigenvalue weighted by Crippen LogP contribution is -2.24. The number of carboxylic acids is 1. The quantitative estimate of drug-likeness (QED) is 0.576. The van der Waals surface area contributed by atoms with E-state index >= 15 is 0 Å². The standard InChI is InChI=1S/C7H12O3/c1-3-4-7(2,10)5-6(8)9/h3-4,10H,5H2,1-2H3,(H,8,9). The van der Waals surface area contributed by atoms with Crippen molar-refractivity contribution in [3.05, 3.63) is 12.2 Å². The van der Waals surface area contributed by atoms with E-state index in [1.54, 1.807) is 13.0 Å². The lowest BCUT2D eigenvalue weighted by atomic mass is 10.0. The van der Waals surface area contributed by atoms with Crippen molar-refractivity contribution in [3.8, 4) is 0 Å². The van der Waals surface area contributed by atoms with Crippen molar-refractivity contribution < 1.29 is 15.0 Å². The van der Waals surface area contributed by atoms with E-state index in [0.717, 1.165) is 0 Å². The number of carbonyl (C=O) groups is 1. The van der Waals surface area contributed by atoms with E-state index in [4.69, 9.17) is 5.11 Å². The summed E-state index contributed by atoms with van der Waals surface area (Å²) in [6.07, 6.45) is 2.83. The minimum absolute atomic E-state index is 0.253. The average molecular weight is 144 g/mol. The Kier molecular flexibility index (Phi) is 3.09. The third-order valence-corrected chi connectivity index (χ3v) is 1.03. The van der Waals surface area contributed by atoms with Crippen molar-refractivity contribution in [2.45, 2.75) is 25.9 Å². The Morgan fingerprint density at radius 1 is 1.70 bits per heavy atom. The van der Waals surface area contributed by atoms with Crippen LogP contribution >= 0.6 is 0 Å². The predicted molar refractivity (Wildman–Crippen MR) is 37.7 cm³/mol. The summed E-state index contributed by atoms with van der Waals surface area (Å²) in [5.41, 5.74) is -1.21. The highest BCUT2D eigenvalue weighted by Gasteiger charge is 2.19. The van der Waals surface area contributed by atoms with Gasteiger partial charge >= 0.3 is 5.97 Å². The number of carboxylic acid groups (broad SMARTS) is 1. The highest BCUT2D eigenvalue weighted by molar-refractivity contribution is 5.68. The first-order valence-electron chi connectivity index (χ1n) is 3.06. The molecular weight excluding hydrogens is 132 g/mol. The highest BCUT2D eigenvalue weighted by Crippen LogP contribution is 2.10. The Labute approximate surface area is 60.0 Å². The zero-order valence-electron chi connectivity index (χ0n) is 6.16. The third-order valence-electron chi connectivity index (χ3n) is 1.03. The van der Waals surface area contributed by atoms with E-state index in [1.807, 2.05) is 0 Å². The Balaban J connectivity index is 3.99. The van der Waals surface area contributed by atoms with Gasteiger partial charge in [-0.2, -0.15) is 0 Å². The molecule has 0 aliphatic rings. The molecule has 0 saturated heterocycles. The Bertz CT molecular complexity index is 147. The molecule has 0 aliphatic carbocycles. The second-order valence-corrected chi connectivity index (χ2v) is 2.43. The van der Waals surface area contributed by atoms with E-state index in [0.29, 0.717) is 0 Å². The number of hydrogen-bond acceptors (Lipinski definition) is 2. The van der Waals surface area contributed by atoms with Gasteiger partial charge in [-0.1, -0.05) is 12.2 Å². The maximum atomic E-state index is 10.1. The van der Waals surface area contributed by atoms with Gasteiger partial charge in [-0.05, 0) is 13.8 Å². The molecule has 0 aromatic heterocycles. The van der Waals surface area contributed by atoms with E-state index in [2.05, 4.69) is 0 Å². The molecule has 0 radical (unpaired) electrons. The molecule has 0 bridgehead atoms. The molecule has 0 aromatic carbocycles. The molecule has 0 aromatic rings. The second kappa shape index (κ2) is 3.37. The monoisotopic (exact) mass is 144 g/mol. The molecule has 0 rings (SSSR count). The molecule has 0 aliphatic heterocycles. The van der Waals surface area contributed by atoms with Gasteiger partial charge in [0.25, 0.3) is 0 Å². The lowest BCUT2D eigenvalue weighted by molar-refractivity contribution is -0.140. The molecule has 0 saturated carbocycles. The maximum absolute atomic E-state index is 10.1. The van der Waals surface area contributed by atoms with Crippen LogP contribution in [0.3, 0.4) is 0 Å². The van der Waals surface area contributed by atoms with E-state index < -0.39 is 11.6 Å². The van der Waals surface area contributed by atoms with Gasteiger partial charge in [-0.3, -0.25) is 4.79 Å². The third kappa shape index (κ3) is 4.09. The van der Waals surface area contributed by atoms with Gasteiger partial charge in [-0.15, -0.1) is 0 Å². The molecule has 0 heterocycles. The van der Waals surface area contributed by atoms with Crippen LogP contribution in [0.4, 0.5) is 0 Å². The maximum Gasteiger partial charge on any atom is 0.306 e. The number of allylic oxidation sites excluding steroid dienone is 1. The highest BCUT2D eigenvalue weighted by atomic mass is 16.4. The fourth-order valence-corrected chi connectivity index (χ4v) is 0.724. The first-order chi connectivity index (χ1) is 4.48. The van der Waals surface area contributed by atoms with Crippen LogP contribution < -0.4 is 0 Å². The van der Waals surface area contributed by atoms with Crippen LogP contribution in [0.5, 0.6) is 0 Å². The van der Waals surface area contributed by atoms with Gasteiger partial charge in [-0.25, -0.2) is 0 Å². The summed E-state index contributed by atoms with van der Waals surface area (Å²) in [7, 11) is 0. The number of aliphatic carboxylic acids is 1. The summed E-state index contributed by atoms with van der Waals surface area (Å²) in [4.78, 5) is 10.1. The predicted octanol–water partition coefficient (Wildman–Crippen LogP) is 0.788. The Morgan fingerprint density at radius 3 is 2.50 bits per heavy atom. The lowest BCUT2D eigenvalue weighted by Gasteiger charge is -2.14. The van der Waals surface area contributed by atoms with Gasteiger partial charge in [0.15, 0.2) is 0 Å². The van der Waals surface area contributed by atoms with Gasteiger partial charge in [0, 0.05) is 0 Å². The zero-order chi connectivity index (χ0) is 8.20. The molecule has 0 spiro atoms. The van der Waals surface area contributed by atoms with Crippen LogP contribution in [0, 0.1) is 0 Å². The second-order valence-electron chi connectivity index (χ2n) is 2.43. The summed E-state index contributed by atoms with van der Waals surface area (Å²) in [5.74, 6) is -0.997. The molecule has 1 atom stereocenters. The molecule has 0 amide bonds. The zero-order valence-corrected chi connectivity index (χ0v) is 6.16. The molecule has 1 unspecified atom stereocenters. The smallest absolute Gasteiger partial charge is 0.306 e. The summed E-state index contributed by atoms with van der Waals surface area (Å²) >= 11 is 0. The molecule has 3 nitrogen and oxygen atoms in total. The van der Waals surface area contributed by atoms with E-state index in [9.17, 15) is 9.90 Å². The van der Waals surface area contributed by atoms with E-state index in [1.165, 1.54) is 13.0 Å². The van der Waals surface area contributed by atoms with E-state index in [-0.39, 0.29) is 6.42 Å². The van der Waals surface area contributed by atoms with Crippen molar-refractivity contribution in [2.75, 3.05) is 0 Å². The average Bonchev–Trinajstić information content (AvgIpc) is 1.59. The normalized spacial score (nSPS) is 17.1. The first-order valence-corrected chi connectivity index (χ1v) is 3.06. The van der Waals surface area contributed by atoms with Gasteiger partial charge in [0.05, 0.1) is 12.0 Å².